The van der Waals surface area contributed by atoms with E-state index in [2.05, 4.69) is 4.90 Å². The highest BCUT2D eigenvalue weighted by atomic mass is 16.4. The summed E-state index contributed by atoms with van der Waals surface area (Å²) in [7, 11) is 0. The summed E-state index contributed by atoms with van der Waals surface area (Å²) >= 11 is 0. The third kappa shape index (κ3) is 2.84. The second-order valence-electron chi connectivity index (χ2n) is 5.90. The van der Waals surface area contributed by atoms with Crippen LogP contribution < -0.4 is 0 Å². The Bertz CT molecular complexity index is 454. The summed E-state index contributed by atoms with van der Waals surface area (Å²) in [5.41, 5.74) is 0. The molecule has 0 radical (unpaired) electrons. The van der Waals surface area contributed by atoms with Gasteiger partial charge in [0, 0.05) is 6.54 Å². The van der Waals surface area contributed by atoms with Crippen LogP contribution in [-0.4, -0.2) is 29.1 Å². The first-order valence-corrected chi connectivity index (χ1v) is 7.27. The fourth-order valence-electron chi connectivity index (χ4n) is 3.62. The number of carboxylic acid groups (broad SMARTS) is 1. The average molecular weight is 263 g/mol. The third-order valence-corrected chi connectivity index (χ3v) is 4.63. The summed E-state index contributed by atoms with van der Waals surface area (Å²) in [4.78, 5) is 13.2. The summed E-state index contributed by atoms with van der Waals surface area (Å²) in [6.07, 6.45) is 6.83. The lowest BCUT2D eigenvalue weighted by Crippen LogP contribution is -2.41. The Hall–Kier alpha value is -1.29. The van der Waals surface area contributed by atoms with E-state index in [1.807, 2.05) is 0 Å². The minimum absolute atomic E-state index is 0.0440. The Kier molecular flexibility index (Phi) is 3.60. The van der Waals surface area contributed by atoms with E-state index in [1.54, 1.807) is 12.1 Å². The van der Waals surface area contributed by atoms with E-state index < -0.39 is 5.97 Å². The Labute approximate surface area is 113 Å². The molecule has 1 aliphatic carbocycles. The molecule has 19 heavy (non-hydrogen) atoms. The maximum Gasteiger partial charge on any atom is 0.371 e. The van der Waals surface area contributed by atoms with Gasteiger partial charge in [0.15, 0.2) is 0 Å². The molecule has 2 fully saturated rings. The molecule has 1 aromatic rings. The van der Waals surface area contributed by atoms with Crippen molar-refractivity contribution in [1.82, 2.24) is 4.90 Å². The molecular formula is C15H21NO3. The van der Waals surface area contributed by atoms with Crippen LogP contribution in [0.3, 0.4) is 0 Å². The first-order valence-electron chi connectivity index (χ1n) is 7.27. The first-order chi connectivity index (χ1) is 9.22. The van der Waals surface area contributed by atoms with Crippen LogP contribution in [-0.2, 0) is 6.54 Å². The Morgan fingerprint density at radius 2 is 2.05 bits per heavy atom. The fourth-order valence-corrected chi connectivity index (χ4v) is 3.62. The molecule has 2 atom stereocenters. The predicted molar refractivity (Wildman–Crippen MR) is 71.0 cm³/mol. The van der Waals surface area contributed by atoms with Crippen molar-refractivity contribution >= 4 is 5.97 Å². The summed E-state index contributed by atoms with van der Waals surface area (Å²) < 4.78 is 5.34. The van der Waals surface area contributed by atoms with Crippen LogP contribution >= 0.6 is 0 Å². The van der Waals surface area contributed by atoms with Gasteiger partial charge in [-0.2, -0.15) is 0 Å². The van der Waals surface area contributed by atoms with Crippen LogP contribution in [0, 0.1) is 11.8 Å². The number of likely N-dealkylation sites (tertiary alicyclic amines) is 1. The minimum Gasteiger partial charge on any atom is -0.475 e. The van der Waals surface area contributed by atoms with Gasteiger partial charge in [-0.15, -0.1) is 0 Å². The van der Waals surface area contributed by atoms with Gasteiger partial charge in [0.25, 0.3) is 0 Å². The molecule has 2 aliphatic rings. The molecule has 4 heteroatoms. The number of carbonyl (C=O) groups is 1. The number of hydrogen-bond donors (Lipinski definition) is 1. The molecule has 3 rings (SSSR count). The van der Waals surface area contributed by atoms with Crippen molar-refractivity contribution in [3.05, 3.63) is 23.7 Å². The summed E-state index contributed by atoms with van der Waals surface area (Å²) in [5, 5.41) is 8.85. The molecule has 1 N–H and O–H groups in total. The molecule has 1 aromatic heterocycles. The number of rotatable bonds is 3. The minimum atomic E-state index is -0.989. The normalized spacial score (nSPS) is 28.0. The predicted octanol–water partition coefficient (Wildman–Crippen LogP) is 2.99. The highest BCUT2D eigenvalue weighted by molar-refractivity contribution is 5.84. The smallest absolute Gasteiger partial charge is 0.371 e. The maximum atomic E-state index is 10.8. The molecular weight excluding hydrogens is 242 g/mol. The van der Waals surface area contributed by atoms with E-state index in [-0.39, 0.29) is 5.76 Å². The van der Waals surface area contributed by atoms with Crippen LogP contribution in [0.4, 0.5) is 0 Å². The molecule has 2 heterocycles. The highest BCUT2D eigenvalue weighted by Crippen LogP contribution is 2.36. The van der Waals surface area contributed by atoms with Crippen LogP contribution in [0.1, 0.15) is 48.4 Å². The molecule has 0 bridgehead atoms. The lowest BCUT2D eigenvalue weighted by Gasteiger charge is -2.41. The standard InChI is InChI=1S/C15H21NO3/c17-15(18)14-6-5-13(19-14)10-16-8-7-11-3-1-2-4-12(11)9-16/h5-6,11-12H,1-4,7-10H2,(H,17,18). The Morgan fingerprint density at radius 1 is 1.26 bits per heavy atom. The molecule has 0 aromatic carbocycles. The third-order valence-electron chi connectivity index (χ3n) is 4.63. The van der Waals surface area contributed by atoms with Gasteiger partial charge in [0.1, 0.15) is 5.76 Å². The van der Waals surface area contributed by atoms with Crippen molar-refractivity contribution in [1.29, 1.82) is 0 Å². The molecule has 104 valence electrons. The van der Waals surface area contributed by atoms with Gasteiger partial charge in [-0.3, -0.25) is 4.90 Å². The van der Waals surface area contributed by atoms with Gasteiger partial charge in [-0.25, -0.2) is 4.79 Å². The first kappa shape index (κ1) is 12.7. The number of carboxylic acids is 1. The van der Waals surface area contributed by atoms with Gasteiger partial charge in [-0.1, -0.05) is 19.3 Å². The largest absolute Gasteiger partial charge is 0.475 e. The molecule has 0 spiro atoms. The molecule has 2 unspecified atom stereocenters. The van der Waals surface area contributed by atoms with E-state index in [4.69, 9.17) is 9.52 Å². The molecule has 1 aliphatic heterocycles. The molecule has 1 saturated heterocycles. The van der Waals surface area contributed by atoms with Crippen molar-refractivity contribution in [3.63, 3.8) is 0 Å². The zero-order valence-electron chi connectivity index (χ0n) is 11.2. The van der Waals surface area contributed by atoms with Gasteiger partial charge in [0.2, 0.25) is 5.76 Å². The Balaban J connectivity index is 1.59. The number of nitrogens with zero attached hydrogens (tertiary/aromatic N) is 1. The van der Waals surface area contributed by atoms with E-state index >= 15 is 0 Å². The SMILES string of the molecule is O=C(O)c1ccc(CN2CCC3CCCCC3C2)o1. The van der Waals surface area contributed by atoms with Gasteiger partial charge in [0.05, 0.1) is 6.54 Å². The zero-order valence-corrected chi connectivity index (χ0v) is 11.2. The van der Waals surface area contributed by atoms with E-state index in [9.17, 15) is 4.79 Å². The second-order valence-corrected chi connectivity index (χ2v) is 5.90. The fraction of sp³-hybridized carbons (Fsp3) is 0.667. The van der Waals surface area contributed by atoms with Crippen molar-refractivity contribution in [2.75, 3.05) is 13.1 Å². The van der Waals surface area contributed by atoms with Gasteiger partial charge >= 0.3 is 5.97 Å². The maximum absolute atomic E-state index is 10.8. The zero-order chi connectivity index (χ0) is 13.2. The van der Waals surface area contributed by atoms with Crippen molar-refractivity contribution in [3.8, 4) is 0 Å². The molecule has 0 amide bonds. The topological polar surface area (TPSA) is 53.7 Å². The average Bonchev–Trinajstić information content (AvgIpc) is 2.87. The summed E-state index contributed by atoms with van der Waals surface area (Å²) in [6.45, 7) is 3.01. The van der Waals surface area contributed by atoms with Crippen molar-refractivity contribution < 1.29 is 14.3 Å². The van der Waals surface area contributed by atoms with Crippen LogP contribution in [0.5, 0.6) is 0 Å². The van der Waals surface area contributed by atoms with Gasteiger partial charge < -0.3 is 9.52 Å². The van der Waals surface area contributed by atoms with Crippen LogP contribution in [0.2, 0.25) is 0 Å². The van der Waals surface area contributed by atoms with E-state index in [0.717, 1.165) is 37.2 Å². The Morgan fingerprint density at radius 3 is 2.79 bits per heavy atom. The number of furan rings is 1. The van der Waals surface area contributed by atoms with Crippen molar-refractivity contribution in [2.45, 2.75) is 38.6 Å². The van der Waals surface area contributed by atoms with Gasteiger partial charge in [-0.05, 0) is 43.4 Å². The van der Waals surface area contributed by atoms with E-state index in [0.29, 0.717) is 0 Å². The van der Waals surface area contributed by atoms with Crippen LogP contribution in [0.15, 0.2) is 16.5 Å². The van der Waals surface area contributed by atoms with Crippen molar-refractivity contribution in [2.24, 2.45) is 11.8 Å². The second kappa shape index (κ2) is 5.37. The molecule has 4 nitrogen and oxygen atoms in total. The summed E-state index contributed by atoms with van der Waals surface area (Å²) in [5.74, 6) is 1.60. The lowest BCUT2D eigenvalue weighted by atomic mass is 9.75. The lowest BCUT2D eigenvalue weighted by molar-refractivity contribution is 0.0643. The molecule has 1 saturated carbocycles. The quantitative estimate of drug-likeness (QED) is 0.910. The van der Waals surface area contributed by atoms with E-state index in [1.165, 1.54) is 32.1 Å². The number of hydrogen-bond acceptors (Lipinski definition) is 3. The number of fused-ring (bicyclic) bond motifs is 1. The number of aromatic carboxylic acids is 1. The van der Waals surface area contributed by atoms with Crippen LogP contribution in [0.25, 0.3) is 0 Å². The summed E-state index contributed by atoms with van der Waals surface area (Å²) in [6, 6.07) is 3.33. The highest BCUT2D eigenvalue weighted by Gasteiger charge is 2.31. The number of piperidine rings is 1. The monoisotopic (exact) mass is 263 g/mol.